The van der Waals surface area contributed by atoms with Gasteiger partial charge in [-0.3, -0.25) is 0 Å². The standard InChI is InChI=1S/C12H8ClNO2/c13-11-8-4-7-10(14-11)12(15)16-9-5-2-1-3-6-9/h1-8H. The summed E-state index contributed by atoms with van der Waals surface area (Å²) in [5.41, 5.74) is 0.191. The summed E-state index contributed by atoms with van der Waals surface area (Å²) in [5, 5.41) is 0.266. The average molecular weight is 234 g/mol. The van der Waals surface area contributed by atoms with E-state index in [0.29, 0.717) is 5.75 Å². The number of para-hydroxylation sites is 1. The fourth-order valence-corrected chi connectivity index (χ4v) is 1.33. The number of halogens is 1. The molecule has 80 valence electrons. The normalized spacial score (nSPS) is 9.81. The van der Waals surface area contributed by atoms with Crippen LogP contribution in [0.15, 0.2) is 48.5 Å². The Morgan fingerprint density at radius 2 is 1.81 bits per heavy atom. The van der Waals surface area contributed by atoms with Crippen LogP contribution in [0.2, 0.25) is 5.15 Å². The molecule has 1 aromatic carbocycles. The van der Waals surface area contributed by atoms with Gasteiger partial charge < -0.3 is 4.74 Å². The van der Waals surface area contributed by atoms with Crippen molar-refractivity contribution in [3.8, 4) is 5.75 Å². The first kappa shape index (κ1) is 10.6. The van der Waals surface area contributed by atoms with Gasteiger partial charge in [0.15, 0.2) is 5.69 Å². The van der Waals surface area contributed by atoms with E-state index in [0.717, 1.165) is 0 Å². The fraction of sp³-hybridized carbons (Fsp3) is 0. The van der Waals surface area contributed by atoms with Crippen LogP contribution in [0.4, 0.5) is 0 Å². The first-order valence-electron chi connectivity index (χ1n) is 4.65. The Hall–Kier alpha value is -1.87. The molecule has 0 saturated heterocycles. The van der Waals surface area contributed by atoms with Crippen LogP contribution >= 0.6 is 11.6 Å². The van der Waals surface area contributed by atoms with Crippen molar-refractivity contribution in [1.29, 1.82) is 0 Å². The lowest BCUT2D eigenvalue weighted by atomic mass is 10.3. The van der Waals surface area contributed by atoms with Gasteiger partial charge in [-0.2, -0.15) is 0 Å². The maximum absolute atomic E-state index is 11.6. The molecular formula is C12H8ClNO2. The molecule has 0 unspecified atom stereocenters. The van der Waals surface area contributed by atoms with Gasteiger partial charge in [0.2, 0.25) is 0 Å². The molecule has 0 bridgehead atoms. The highest BCUT2D eigenvalue weighted by Crippen LogP contribution is 2.12. The predicted molar refractivity (Wildman–Crippen MR) is 60.6 cm³/mol. The van der Waals surface area contributed by atoms with Gasteiger partial charge in [-0.05, 0) is 24.3 Å². The van der Waals surface area contributed by atoms with Crippen molar-refractivity contribution in [2.75, 3.05) is 0 Å². The number of hydrogen-bond donors (Lipinski definition) is 0. The minimum absolute atomic E-state index is 0.191. The van der Waals surface area contributed by atoms with Gasteiger partial charge in [-0.25, -0.2) is 9.78 Å². The lowest BCUT2D eigenvalue weighted by molar-refractivity contribution is 0.0728. The molecule has 2 rings (SSSR count). The molecule has 0 aliphatic rings. The molecule has 0 amide bonds. The largest absolute Gasteiger partial charge is 0.422 e. The summed E-state index contributed by atoms with van der Waals surface area (Å²) in [6.07, 6.45) is 0. The molecule has 4 heteroatoms. The lowest BCUT2D eigenvalue weighted by Crippen LogP contribution is -2.10. The van der Waals surface area contributed by atoms with Crippen LogP contribution in [-0.4, -0.2) is 11.0 Å². The first-order chi connectivity index (χ1) is 7.75. The summed E-state index contributed by atoms with van der Waals surface area (Å²) in [4.78, 5) is 15.5. The summed E-state index contributed by atoms with van der Waals surface area (Å²) in [7, 11) is 0. The Labute approximate surface area is 97.7 Å². The smallest absolute Gasteiger partial charge is 0.362 e. The number of hydrogen-bond acceptors (Lipinski definition) is 3. The molecule has 3 nitrogen and oxygen atoms in total. The number of carbonyl (C=O) groups is 1. The van der Waals surface area contributed by atoms with Gasteiger partial charge in [0.1, 0.15) is 10.9 Å². The van der Waals surface area contributed by atoms with Gasteiger partial charge in [-0.15, -0.1) is 0 Å². The maximum Gasteiger partial charge on any atom is 0.362 e. The Morgan fingerprint density at radius 3 is 2.50 bits per heavy atom. The SMILES string of the molecule is O=C(Oc1ccccc1)c1cccc(Cl)n1. The third-order valence-corrected chi connectivity index (χ3v) is 2.09. The monoisotopic (exact) mass is 233 g/mol. The van der Waals surface area contributed by atoms with Gasteiger partial charge in [0, 0.05) is 0 Å². The van der Waals surface area contributed by atoms with E-state index in [1.54, 1.807) is 42.5 Å². The predicted octanol–water partition coefficient (Wildman–Crippen LogP) is 2.95. The highest BCUT2D eigenvalue weighted by molar-refractivity contribution is 6.29. The topological polar surface area (TPSA) is 39.2 Å². The molecule has 0 saturated carbocycles. The third kappa shape index (κ3) is 2.58. The van der Waals surface area contributed by atoms with E-state index in [9.17, 15) is 4.79 Å². The molecule has 0 fully saturated rings. The van der Waals surface area contributed by atoms with Crippen molar-refractivity contribution in [2.24, 2.45) is 0 Å². The Balaban J connectivity index is 2.15. The van der Waals surface area contributed by atoms with E-state index < -0.39 is 5.97 Å². The zero-order valence-corrected chi connectivity index (χ0v) is 9.02. The van der Waals surface area contributed by atoms with Crippen LogP contribution in [0.1, 0.15) is 10.5 Å². The second kappa shape index (κ2) is 4.77. The Kier molecular flexibility index (Phi) is 3.17. The minimum Gasteiger partial charge on any atom is -0.422 e. The summed E-state index contributed by atoms with van der Waals surface area (Å²) < 4.78 is 5.10. The Bertz CT molecular complexity index is 499. The van der Waals surface area contributed by atoms with Crippen molar-refractivity contribution in [2.45, 2.75) is 0 Å². The molecule has 2 aromatic rings. The molecule has 0 radical (unpaired) electrons. The quantitative estimate of drug-likeness (QED) is 0.455. The van der Waals surface area contributed by atoms with Crippen molar-refractivity contribution in [3.63, 3.8) is 0 Å². The number of pyridine rings is 1. The van der Waals surface area contributed by atoms with Crippen LogP contribution in [0.3, 0.4) is 0 Å². The molecule has 0 N–H and O–H groups in total. The van der Waals surface area contributed by atoms with E-state index in [-0.39, 0.29) is 10.8 Å². The molecule has 0 spiro atoms. The second-order valence-electron chi connectivity index (χ2n) is 3.05. The van der Waals surface area contributed by atoms with Crippen LogP contribution in [0.25, 0.3) is 0 Å². The molecule has 16 heavy (non-hydrogen) atoms. The van der Waals surface area contributed by atoms with Crippen LogP contribution < -0.4 is 4.74 Å². The van der Waals surface area contributed by atoms with Gasteiger partial charge >= 0.3 is 5.97 Å². The van der Waals surface area contributed by atoms with E-state index >= 15 is 0 Å². The third-order valence-electron chi connectivity index (χ3n) is 1.88. The molecule has 0 aliphatic heterocycles. The maximum atomic E-state index is 11.6. The number of aromatic nitrogens is 1. The van der Waals surface area contributed by atoms with Gasteiger partial charge in [-0.1, -0.05) is 35.9 Å². The molecule has 0 aliphatic carbocycles. The number of esters is 1. The van der Waals surface area contributed by atoms with E-state index in [1.807, 2.05) is 6.07 Å². The highest BCUT2D eigenvalue weighted by Gasteiger charge is 2.09. The number of nitrogens with zero attached hydrogens (tertiary/aromatic N) is 1. The van der Waals surface area contributed by atoms with Gasteiger partial charge in [0.05, 0.1) is 0 Å². The summed E-state index contributed by atoms with van der Waals surface area (Å²) >= 11 is 5.67. The zero-order valence-electron chi connectivity index (χ0n) is 8.26. The zero-order chi connectivity index (χ0) is 11.4. The number of rotatable bonds is 2. The number of ether oxygens (including phenoxy) is 1. The summed E-state index contributed by atoms with van der Waals surface area (Å²) in [6.45, 7) is 0. The van der Waals surface area contributed by atoms with E-state index in [4.69, 9.17) is 16.3 Å². The average Bonchev–Trinajstić information content (AvgIpc) is 2.30. The van der Waals surface area contributed by atoms with E-state index in [1.165, 1.54) is 0 Å². The van der Waals surface area contributed by atoms with Gasteiger partial charge in [0.25, 0.3) is 0 Å². The van der Waals surface area contributed by atoms with Crippen molar-refractivity contribution in [3.05, 3.63) is 59.4 Å². The Morgan fingerprint density at radius 1 is 1.06 bits per heavy atom. The molecule has 0 atom stereocenters. The van der Waals surface area contributed by atoms with Crippen LogP contribution in [0, 0.1) is 0 Å². The minimum atomic E-state index is -0.520. The summed E-state index contributed by atoms with van der Waals surface area (Å²) in [5.74, 6) is -0.0389. The molecular weight excluding hydrogens is 226 g/mol. The van der Waals surface area contributed by atoms with Crippen molar-refractivity contribution >= 4 is 17.6 Å². The summed E-state index contributed by atoms with van der Waals surface area (Å²) in [6, 6.07) is 13.6. The van der Waals surface area contributed by atoms with Crippen LogP contribution in [0.5, 0.6) is 5.75 Å². The van der Waals surface area contributed by atoms with E-state index in [2.05, 4.69) is 4.98 Å². The molecule has 1 heterocycles. The fourth-order valence-electron chi connectivity index (χ4n) is 1.17. The molecule has 1 aromatic heterocycles. The van der Waals surface area contributed by atoms with Crippen molar-refractivity contribution < 1.29 is 9.53 Å². The lowest BCUT2D eigenvalue weighted by Gasteiger charge is -2.02. The second-order valence-corrected chi connectivity index (χ2v) is 3.44. The number of carbonyl (C=O) groups excluding carboxylic acids is 1. The highest BCUT2D eigenvalue weighted by atomic mass is 35.5. The van der Waals surface area contributed by atoms with Crippen molar-refractivity contribution in [1.82, 2.24) is 4.98 Å². The number of benzene rings is 1. The van der Waals surface area contributed by atoms with Crippen LogP contribution in [-0.2, 0) is 0 Å². The first-order valence-corrected chi connectivity index (χ1v) is 5.03.